The Labute approximate surface area is 185 Å². The number of amidine groups is 1. The molecule has 0 spiro atoms. The number of nitrogens with one attached hydrogen (secondary N) is 1. The van der Waals surface area contributed by atoms with Crippen molar-refractivity contribution in [2.75, 3.05) is 18.4 Å². The van der Waals surface area contributed by atoms with Gasteiger partial charge in [-0.2, -0.15) is 4.98 Å². The number of aliphatic imine (C=N–C) groups is 1. The van der Waals surface area contributed by atoms with E-state index in [1.807, 2.05) is 6.92 Å². The number of carbonyl (C=O) groups is 1. The van der Waals surface area contributed by atoms with E-state index in [0.29, 0.717) is 18.8 Å². The lowest BCUT2D eigenvalue weighted by Crippen LogP contribution is -2.31. The second kappa shape index (κ2) is 9.74. The van der Waals surface area contributed by atoms with Crippen molar-refractivity contribution in [1.29, 1.82) is 0 Å². The highest BCUT2D eigenvalue weighted by Gasteiger charge is 2.22. The van der Waals surface area contributed by atoms with Crippen LogP contribution in [0.5, 0.6) is 0 Å². The SMILES string of the molecule is C/C(N)=C/C(N)=Nc1nc(Nc2cc(C)c(C3CCN(C=O)CC3)cc2F)ncc1Cl. The van der Waals surface area contributed by atoms with Gasteiger partial charge in [0.2, 0.25) is 12.4 Å². The maximum absolute atomic E-state index is 14.9. The highest BCUT2D eigenvalue weighted by Crippen LogP contribution is 2.33. The van der Waals surface area contributed by atoms with E-state index >= 15 is 0 Å². The summed E-state index contributed by atoms with van der Waals surface area (Å²) >= 11 is 6.10. The fourth-order valence-electron chi connectivity index (χ4n) is 3.55. The summed E-state index contributed by atoms with van der Waals surface area (Å²) in [6.07, 6.45) is 5.33. The van der Waals surface area contributed by atoms with Crippen LogP contribution in [0, 0.1) is 12.7 Å². The Kier molecular flexibility index (Phi) is 7.06. The normalized spacial score (nSPS) is 15.8. The maximum Gasteiger partial charge on any atom is 0.229 e. The zero-order valence-corrected chi connectivity index (χ0v) is 18.2. The van der Waals surface area contributed by atoms with Crippen molar-refractivity contribution in [2.45, 2.75) is 32.6 Å². The van der Waals surface area contributed by atoms with Crippen LogP contribution in [0.15, 0.2) is 35.1 Å². The number of rotatable bonds is 6. The van der Waals surface area contributed by atoms with Gasteiger partial charge in [0.15, 0.2) is 5.82 Å². The monoisotopic (exact) mass is 445 g/mol. The second-order valence-electron chi connectivity index (χ2n) is 7.52. The average molecular weight is 446 g/mol. The van der Waals surface area contributed by atoms with E-state index in [1.165, 1.54) is 12.3 Å². The van der Waals surface area contributed by atoms with Crippen molar-refractivity contribution in [3.8, 4) is 0 Å². The molecule has 3 rings (SSSR count). The largest absolute Gasteiger partial charge is 0.402 e. The molecule has 1 aromatic carbocycles. The Morgan fingerprint density at radius 1 is 1.35 bits per heavy atom. The summed E-state index contributed by atoms with van der Waals surface area (Å²) < 4.78 is 14.9. The minimum Gasteiger partial charge on any atom is -0.402 e. The van der Waals surface area contributed by atoms with Crippen LogP contribution in [0.25, 0.3) is 0 Å². The number of nitrogens with two attached hydrogens (primary N) is 2. The molecule has 2 heterocycles. The van der Waals surface area contributed by atoms with Gasteiger partial charge < -0.3 is 21.7 Å². The van der Waals surface area contributed by atoms with Gasteiger partial charge in [0, 0.05) is 18.8 Å². The van der Waals surface area contributed by atoms with Crippen molar-refractivity contribution >= 4 is 41.3 Å². The van der Waals surface area contributed by atoms with Gasteiger partial charge in [0.25, 0.3) is 0 Å². The molecule has 0 aliphatic carbocycles. The number of aryl methyl sites for hydroxylation is 1. The van der Waals surface area contributed by atoms with Crippen LogP contribution in [-0.4, -0.2) is 40.2 Å². The third-order valence-corrected chi connectivity index (χ3v) is 5.32. The lowest BCUT2D eigenvalue weighted by Gasteiger charge is -2.30. The number of amides is 1. The number of hydrogen-bond donors (Lipinski definition) is 3. The predicted octanol–water partition coefficient (Wildman–Crippen LogP) is 3.51. The molecule has 2 aromatic rings. The molecule has 10 heteroatoms. The Bertz CT molecular complexity index is 1030. The van der Waals surface area contributed by atoms with Gasteiger partial charge in [-0.3, -0.25) is 4.79 Å². The smallest absolute Gasteiger partial charge is 0.229 e. The van der Waals surface area contributed by atoms with Crippen LogP contribution in [0.4, 0.5) is 21.8 Å². The molecule has 0 saturated carbocycles. The fraction of sp³-hybridized carbons (Fsp3) is 0.333. The quantitative estimate of drug-likeness (QED) is 0.355. The van der Waals surface area contributed by atoms with Gasteiger partial charge in [-0.05, 0) is 61.9 Å². The first-order valence-corrected chi connectivity index (χ1v) is 10.2. The van der Waals surface area contributed by atoms with Crippen molar-refractivity contribution in [3.63, 3.8) is 0 Å². The molecular formula is C21H25ClFN7O. The molecule has 0 unspecified atom stereocenters. The average Bonchev–Trinajstić information content (AvgIpc) is 2.72. The molecule has 1 saturated heterocycles. The summed E-state index contributed by atoms with van der Waals surface area (Å²) in [5.74, 6) is 0.218. The molecule has 31 heavy (non-hydrogen) atoms. The molecule has 0 radical (unpaired) electrons. The molecule has 5 N–H and O–H groups in total. The summed E-state index contributed by atoms with van der Waals surface area (Å²) in [5, 5.41) is 3.08. The molecule has 8 nitrogen and oxygen atoms in total. The van der Waals surface area contributed by atoms with Gasteiger partial charge in [-0.1, -0.05) is 11.6 Å². The molecule has 1 aliphatic rings. The lowest BCUT2D eigenvalue weighted by atomic mass is 9.86. The van der Waals surface area contributed by atoms with Gasteiger partial charge in [-0.25, -0.2) is 14.4 Å². The number of allylic oxidation sites excluding steroid dienone is 1. The number of halogens is 2. The zero-order valence-electron chi connectivity index (χ0n) is 17.4. The highest BCUT2D eigenvalue weighted by atomic mass is 35.5. The maximum atomic E-state index is 14.9. The molecule has 0 bridgehead atoms. The number of nitrogens with zero attached hydrogens (tertiary/aromatic N) is 4. The van der Waals surface area contributed by atoms with Crippen LogP contribution in [0.2, 0.25) is 5.02 Å². The van der Waals surface area contributed by atoms with Gasteiger partial charge in [-0.15, -0.1) is 0 Å². The number of piperidine rings is 1. The molecule has 164 valence electrons. The van der Waals surface area contributed by atoms with Crippen LogP contribution in [-0.2, 0) is 4.79 Å². The van der Waals surface area contributed by atoms with Crippen LogP contribution in [0.3, 0.4) is 0 Å². The summed E-state index contributed by atoms with van der Waals surface area (Å²) in [5.41, 5.74) is 14.0. The van der Waals surface area contributed by atoms with Gasteiger partial charge in [0.05, 0.1) is 11.9 Å². The summed E-state index contributed by atoms with van der Waals surface area (Å²) in [6, 6.07) is 3.27. The minimum atomic E-state index is -0.414. The molecule has 1 aliphatic heterocycles. The number of aromatic nitrogens is 2. The summed E-state index contributed by atoms with van der Waals surface area (Å²) in [7, 11) is 0. The van der Waals surface area contributed by atoms with Crippen LogP contribution < -0.4 is 16.8 Å². The fourth-order valence-corrected chi connectivity index (χ4v) is 3.69. The standard InChI is InChI=1S/C21H25ClFN7O/c1-12-7-18(17(23)9-15(12)14-3-5-30(11-31)6-4-14)27-21-26-10-16(22)20(29-21)28-19(25)8-13(2)24/h7-11,14H,3-6,24H2,1-2H3,(H3,25,26,27,28,29)/b13-8-. The summed E-state index contributed by atoms with van der Waals surface area (Å²) in [4.78, 5) is 25.1. The first-order chi connectivity index (χ1) is 14.8. The number of carbonyl (C=O) groups excluding carboxylic acids is 1. The number of anilines is 2. The van der Waals surface area contributed by atoms with Gasteiger partial charge >= 0.3 is 0 Å². The molecule has 1 amide bonds. The van der Waals surface area contributed by atoms with E-state index in [-0.39, 0.29) is 34.2 Å². The van der Waals surface area contributed by atoms with E-state index in [4.69, 9.17) is 23.1 Å². The second-order valence-corrected chi connectivity index (χ2v) is 7.93. The Hall–Kier alpha value is -3.20. The molecule has 0 atom stereocenters. The van der Waals surface area contributed by atoms with E-state index in [2.05, 4.69) is 20.3 Å². The molecule has 1 aromatic heterocycles. The Morgan fingerprint density at radius 3 is 2.71 bits per heavy atom. The van der Waals surface area contributed by atoms with Crippen molar-refractivity contribution in [2.24, 2.45) is 16.5 Å². The molecular weight excluding hydrogens is 421 g/mol. The lowest BCUT2D eigenvalue weighted by molar-refractivity contribution is -0.119. The first kappa shape index (κ1) is 22.5. The Balaban J connectivity index is 1.82. The molecule has 1 fully saturated rings. The van der Waals surface area contributed by atoms with Gasteiger partial charge in [0.1, 0.15) is 16.7 Å². The third kappa shape index (κ3) is 5.69. The number of likely N-dealkylation sites (tertiary alicyclic amines) is 1. The van der Waals surface area contributed by atoms with Crippen molar-refractivity contribution < 1.29 is 9.18 Å². The third-order valence-electron chi connectivity index (χ3n) is 5.06. The topological polar surface area (TPSA) is 123 Å². The first-order valence-electron chi connectivity index (χ1n) is 9.83. The highest BCUT2D eigenvalue weighted by molar-refractivity contribution is 6.32. The van der Waals surface area contributed by atoms with E-state index in [0.717, 1.165) is 30.4 Å². The van der Waals surface area contributed by atoms with Crippen molar-refractivity contribution in [3.05, 3.63) is 52.1 Å². The van der Waals surface area contributed by atoms with Crippen molar-refractivity contribution in [1.82, 2.24) is 14.9 Å². The van der Waals surface area contributed by atoms with E-state index in [1.54, 1.807) is 24.0 Å². The number of benzene rings is 1. The Morgan fingerprint density at radius 2 is 2.06 bits per heavy atom. The van der Waals surface area contributed by atoms with E-state index in [9.17, 15) is 9.18 Å². The predicted molar refractivity (Wildman–Crippen MR) is 120 cm³/mol. The minimum absolute atomic E-state index is 0.134. The van der Waals surface area contributed by atoms with Crippen LogP contribution in [0.1, 0.15) is 36.8 Å². The van der Waals surface area contributed by atoms with E-state index < -0.39 is 5.82 Å². The van der Waals surface area contributed by atoms with Crippen LogP contribution >= 0.6 is 11.6 Å². The summed E-state index contributed by atoms with van der Waals surface area (Å²) in [6.45, 7) is 4.97. The number of hydrogen-bond acceptors (Lipinski definition) is 6. The zero-order chi connectivity index (χ0) is 22.5.